The molecule has 34 heavy (non-hydrogen) atoms. The van der Waals surface area contributed by atoms with Gasteiger partial charge < -0.3 is 9.64 Å². The predicted molar refractivity (Wildman–Crippen MR) is 135 cm³/mol. The van der Waals surface area contributed by atoms with Crippen LogP contribution in [-0.4, -0.2) is 29.0 Å². The zero-order chi connectivity index (χ0) is 23.7. The van der Waals surface area contributed by atoms with Gasteiger partial charge in [0.05, 0.1) is 5.02 Å². The molecule has 0 N–H and O–H groups in total. The van der Waals surface area contributed by atoms with Gasteiger partial charge in [0, 0.05) is 41.1 Å². The molecule has 0 saturated carbocycles. The van der Waals surface area contributed by atoms with Crippen molar-refractivity contribution in [2.75, 3.05) is 0 Å². The van der Waals surface area contributed by atoms with Crippen molar-refractivity contribution in [3.8, 4) is 5.75 Å². The van der Waals surface area contributed by atoms with E-state index in [0.717, 1.165) is 42.6 Å². The van der Waals surface area contributed by atoms with Crippen LogP contribution in [0.1, 0.15) is 47.2 Å². The van der Waals surface area contributed by atoms with Crippen LogP contribution in [0.25, 0.3) is 0 Å². The Balaban J connectivity index is 1.21. The molecule has 0 spiro atoms. The van der Waals surface area contributed by atoms with Crippen LogP contribution in [0.15, 0.2) is 71.6 Å². The number of rotatable bonds is 6. The molecule has 2 saturated heterocycles. The van der Waals surface area contributed by atoms with E-state index >= 15 is 0 Å². The lowest BCUT2D eigenvalue weighted by molar-refractivity contribution is 0.0359. The summed E-state index contributed by atoms with van der Waals surface area (Å²) in [5.41, 5.74) is 2.89. The summed E-state index contributed by atoms with van der Waals surface area (Å²) in [6, 6.07) is 20.7. The van der Waals surface area contributed by atoms with E-state index in [-0.39, 0.29) is 29.9 Å². The molecule has 176 valence electrons. The molecule has 1 unspecified atom stereocenters. The predicted octanol–water partition coefficient (Wildman–Crippen LogP) is 7.29. The second-order valence-corrected chi connectivity index (χ2v) is 10.6. The van der Waals surface area contributed by atoms with E-state index < -0.39 is 0 Å². The van der Waals surface area contributed by atoms with E-state index in [1.165, 1.54) is 17.8 Å². The third-order valence-electron chi connectivity index (χ3n) is 6.74. The van der Waals surface area contributed by atoms with E-state index in [9.17, 15) is 9.18 Å². The SMILES string of the molecule is Cc1ccc(Cl)c(OC2C[C@H]3CC[C@@H](C2)N3C(=O)c2ccc(CSc3ccccc3F)cc2)c1. The van der Waals surface area contributed by atoms with Gasteiger partial charge in [0.1, 0.15) is 17.7 Å². The maximum atomic E-state index is 13.8. The molecule has 0 aliphatic carbocycles. The number of hydrogen-bond acceptors (Lipinski definition) is 3. The van der Waals surface area contributed by atoms with Crippen molar-refractivity contribution in [2.24, 2.45) is 0 Å². The molecule has 0 radical (unpaired) electrons. The van der Waals surface area contributed by atoms with E-state index in [1.807, 2.05) is 55.5 Å². The second kappa shape index (κ2) is 10.0. The number of amides is 1. The minimum atomic E-state index is -0.202. The summed E-state index contributed by atoms with van der Waals surface area (Å²) < 4.78 is 20.1. The first kappa shape index (κ1) is 23.3. The summed E-state index contributed by atoms with van der Waals surface area (Å²) in [4.78, 5) is 16.1. The second-order valence-electron chi connectivity index (χ2n) is 9.16. The van der Waals surface area contributed by atoms with E-state index in [2.05, 4.69) is 4.90 Å². The number of piperidine rings is 1. The lowest BCUT2D eigenvalue weighted by atomic mass is 9.98. The zero-order valence-electron chi connectivity index (χ0n) is 19.0. The van der Waals surface area contributed by atoms with Crippen LogP contribution in [0, 0.1) is 12.7 Å². The summed E-state index contributed by atoms with van der Waals surface area (Å²) >= 11 is 7.79. The number of hydrogen-bond donors (Lipinski definition) is 0. The molecule has 2 aliphatic heterocycles. The fourth-order valence-corrected chi connectivity index (χ4v) is 6.11. The molecular formula is C28H27ClFNO2S. The molecule has 2 heterocycles. The summed E-state index contributed by atoms with van der Waals surface area (Å²) in [5, 5.41) is 0.629. The monoisotopic (exact) mass is 495 g/mol. The van der Waals surface area contributed by atoms with Gasteiger partial charge in [-0.15, -0.1) is 11.8 Å². The standard InChI is InChI=1S/C28H27ClFNO2S/c1-18-6-13-24(29)26(14-18)33-23-15-21-11-12-22(16-23)31(21)28(32)20-9-7-19(8-10-20)17-34-27-5-3-2-4-25(27)30/h2-10,13-14,21-23H,11-12,15-17H2,1H3/t21-,22+,23?. The normalized spacial score (nSPS) is 21.5. The Kier molecular flexibility index (Phi) is 6.84. The molecule has 5 rings (SSSR count). The van der Waals surface area contributed by atoms with Crippen molar-refractivity contribution in [3.63, 3.8) is 0 Å². The number of fused-ring (bicyclic) bond motifs is 2. The average Bonchev–Trinajstić information content (AvgIpc) is 3.11. The third-order valence-corrected chi connectivity index (χ3v) is 8.17. The molecule has 2 aliphatic rings. The van der Waals surface area contributed by atoms with E-state index in [4.69, 9.17) is 16.3 Å². The highest BCUT2D eigenvalue weighted by Crippen LogP contribution is 2.39. The fraction of sp³-hybridized carbons (Fsp3) is 0.321. The first-order chi connectivity index (χ1) is 16.5. The fourth-order valence-electron chi connectivity index (χ4n) is 5.05. The molecule has 0 aromatic heterocycles. The number of aryl methyl sites for hydroxylation is 1. The van der Waals surface area contributed by atoms with Crippen LogP contribution >= 0.6 is 23.4 Å². The topological polar surface area (TPSA) is 29.5 Å². The first-order valence-corrected chi connectivity index (χ1v) is 13.1. The van der Waals surface area contributed by atoms with Gasteiger partial charge in [-0.1, -0.05) is 41.9 Å². The number of carbonyl (C=O) groups is 1. The van der Waals surface area contributed by atoms with E-state index in [1.54, 1.807) is 12.1 Å². The lowest BCUT2D eigenvalue weighted by Gasteiger charge is -2.39. The maximum Gasteiger partial charge on any atom is 0.254 e. The average molecular weight is 496 g/mol. The number of ether oxygens (including phenoxy) is 1. The summed E-state index contributed by atoms with van der Waals surface area (Å²) in [7, 11) is 0. The van der Waals surface area contributed by atoms with Gasteiger partial charge in [0.25, 0.3) is 5.91 Å². The van der Waals surface area contributed by atoms with Gasteiger partial charge in [-0.3, -0.25) is 4.79 Å². The van der Waals surface area contributed by atoms with Crippen molar-refractivity contribution in [2.45, 2.75) is 61.4 Å². The van der Waals surface area contributed by atoms with Crippen molar-refractivity contribution in [1.29, 1.82) is 0 Å². The number of carbonyl (C=O) groups excluding carboxylic acids is 1. The minimum absolute atomic E-state index is 0.0682. The van der Waals surface area contributed by atoms with Gasteiger partial charge in [0.15, 0.2) is 0 Å². The van der Waals surface area contributed by atoms with Gasteiger partial charge in [-0.2, -0.15) is 0 Å². The Hall–Kier alpha value is -2.50. The van der Waals surface area contributed by atoms with Crippen molar-refractivity contribution < 1.29 is 13.9 Å². The van der Waals surface area contributed by atoms with E-state index in [0.29, 0.717) is 21.2 Å². The molecule has 2 fully saturated rings. The van der Waals surface area contributed by atoms with Crippen molar-refractivity contribution >= 4 is 29.3 Å². The van der Waals surface area contributed by atoms with Gasteiger partial charge >= 0.3 is 0 Å². The molecular weight excluding hydrogens is 469 g/mol. The maximum absolute atomic E-state index is 13.8. The smallest absolute Gasteiger partial charge is 0.254 e. The minimum Gasteiger partial charge on any atom is -0.489 e. The van der Waals surface area contributed by atoms with Crippen LogP contribution in [0.3, 0.4) is 0 Å². The molecule has 6 heteroatoms. The number of nitrogens with zero attached hydrogens (tertiary/aromatic N) is 1. The Morgan fingerprint density at radius 2 is 1.76 bits per heavy atom. The zero-order valence-corrected chi connectivity index (χ0v) is 20.6. The number of halogens is 2. The first-order valence-electron chi connectivity index (χ1n) is 11.7. The van der Waals surface area contributed by atoms with Crippen LogP contribution < -0.4 is 4.74 Å². The Labute approximate surface area is 209 Å². The van der Waals surface area contributed by atoms with Crippen molar-refractivity contribution in [1.82, 2.24) is 4.90 Å². The Morgan fingerprint density at radius 1 is 1.06 bits per heavy atom. The van der Waals surface area contributed by atoms with Crippen LogP contribution in [-0.2, 0) is 5.75 Å². The number of thioether (sulfide) groups is 1. The number of benzene rings is 3. The highest BCUT2D eigenvalue weighted by atomic mass is 35.5. The molecule has 3 aromatic carbocycles. The molecule has 3 atom stereocenters. The summed E-state index contributed by atoms with van der Waals surface area (Å²) in [6.45, 7) is 2.03. The quantitative estimate of drug-likeness (QED) is 0.336. The molecule has 3 aromatic rings. The van der Waals surface area contributed by atoms with Gasteiger partial charge in [-0.25, -0.2) is 4.39 Å². The largest absolute Gasteiger partial charge is 0.489 e. The molecule has 3 nitrogen and oxygen atoms in total. The Morgan fingerprint density at radius 3 is 2.47 bits per heavy atom. The Bertz CT molecular complexity index is 1170. The molecule has 1 amide bonds. The van der Waals surface area contributed by atoms with Gasteiger partial charge in [0.2, 0.25) is 0 Å². The van der Waals surface area contributed by atoms with Crippen molar-refractivity contribution in [3.05, 3.63) is 94.3 Å². The van der Waals surface area contributed by atoms with Gasteiger partial charge in [-0.05, 0) is 67.3 Å². The highest BCUT2D eigenvalue weighted by molar-refractivity contribution is 7.98. The third kappa shape index (κ3) is 4.96. The van der Waals surface area contributed by atoms with Crippen LogP contribution in [0.2, 0.25) is 5.02 Å². The summed E-state index contributed by atoms with van der Waals surface area (Å²) in [6.07, 6.45) is 3.73. The van der Waals surface area contributed by atoms with Crippen LogP contribution in [0.5, 0.6) is 5.75 Å². The van der Waals surface area contributed by atoms with Crippen LogP contribution in [0.4, 0.5) is 4.39 Å². The lowest BCUT2D eigenvalue weighted by Crippen LogP contribution is -2.49. The summed E-state index contributed by atoms with van der Waals surface area (Å²) in [5.74, 6) is 1.28. The highest BCUT2D eigenvalue weighted by Gasteiger charge is 2.44. The molecule has 2 bridgehead atoms.